The molecule has 2 aliphatic rings. The molecule has 6 nitrogen and oxygen atoms in total. The van der Waals surface area contributed by atoms with Crippen molar-refractivity contribution in [3.63, 3.8) is 0 Å². The standard InChI is InChI=1S/C23H25FN4O2S/c1-23-8-9-27(2)18(10-13-4-6-15(29)12-16(13)23)20(23)28(3)22(30)26-21-25-17-7-5-14(24)11-19(17)31-21/h4-7,11-12,18,20,29H,8-10H2,1-3H3,(H,25,26,30)/t18-,20+,23?/m1/s1. The molecule has 5 rings (SSSR count). The first-order valence-corrected chi connectivity index (χ1v) is 11.2. The van der Waals surface area contributed by atoms with E-state index in [9.17, 15) is 14.3 Å². The van der Waals surface area contributed by atoms with Crippen LogP contribution in [0.5, 0.6) is 5.75 Å². The van der Waals surface area contributed by atoms with Gasteiger partial charge in [-0.3, -0.25) is 5.32 Å². The fraction of sp³-hybridized carbons (Fsp3) is 0.391. The number of aromatic hydroxyl groups is 1. The highest BCUT2D eigenvalue weighted by molar-refractivity contribution is 7.22. The summed E-state index contributed by atoms with van der Waals surface area (Å²) >= 11 is 1.26. The van der Waals surface area contributed by atoms with Crippen LogP contribution in [0.1, 0.15) is 24.5 Å². The van der Waals surface area contributed by atoms with E-state index in [1.807, 2.05) is 19.2 Å². The second kappa shape index (κ2) is 7.17. The van der Waals surface area contributed by atoms with Crippen molar-refractivity contribution in [3.8, 4) is 5.75 Å². The molecule has 2 amide bonds. The van der Waals surface area contributed by atoms with Crippen molar-refractivity contribution in [3.05, 3.63) is 53.3 Å². The summed E-state index contributed by atoms with van der Waals surface area (Å²) in [6, 6.07) is 9.89. The van der Waals surface area contributed by atoms with Crippen LogP contribution in [0.2, 0.25) is 0 Å². The number of phenolic OH excluding ortho intramolecular Hbond substituents is 1. The second-order valence-electron chi connectivity index (χ2n) is 8.88. The minimum atomic E-state index is -0.320. The number of likely N-dealkylation sites (N-methyl/N-ethyl adjacent to an activating group) is 2. The number of hydrogen-bond acceptors (Lipinski definition) is 5. The zero-order valence-corrected chi connectivity index (χ0v) is 18.5. The molecule has 0 saturated carbocycles. The van der Waals surface area contributed by atoms with Crippen molar-refractivity contribution in [2.45, 2.75) is 37.3 Å². The summed E-state index contributed by atoms with van der Waals surface area (Å²) in [5.41, 5.74) is 2.74. The van der Waals surface area contributed by atoms with Crippen molar-refractivity contribution in [1.29, 1.82) is 0 Å². The zero-order chi connectivity index (χ0) is 21.9. The highest BCUT2D eigenvalue weighted by Gasteiger charge is 2.52. The SMILES string of the molecule is CN1CCC2(C)c3cc(O)ccc3C[C@@H]1[C@@H]2N(C)C(=O)Nc1nc2ccc(F)cc2s1. The van der Waals surface area contributed by atoms with E-state index in [1.165, 1.54) is 29.0 Å². The third-order valence-corrected chi connectivity index (χ3v) is 7.94. The van der Waals surface area contributed by atoms with E-state index >= 15 is 0 Å². The Morgan fingerprint density at radius 1 is 1.35 bits per heavy atom. The number of carbonyl (C=O) groups is 1. The van der Waals surface area contributed by atoms with E-state index in [0.717, 1.165) is 24.9 Å². The van der Waals surface area contributed by atoms with Gasteiger partial charge in [0.05, 0.1) is 16.3 Å². The lowest BCUT2D eigenvalue weighted by Gasteiger charge is -2.57. The maximum atomic E-state index is 13.5. The first kappa shape index (κ1) is 20.2. The summed E-state index contributed by atoms with van der Waals surface area (Å²) in [4.78, 5) is 21.8. The Hall–Kier alpha value is -2.71. The number of hydrogen-bond donors (Lipinski definition) is 2. The molecule has 3 aromatic rings. The maximum absolute atomic E-state index is 13.5. The van der Waals surface area contributed by atoms with Gasteiger partial charge in [-0.2, -0.15) is 0 Å². The number of likely N-dealkylation sites (tertiary alicyclic amines) is 1. The minimum Gasteiger partial charge on any atom is -0.508 e. The number of thiazole rings is 1. The number of nitrogens with one attached hydrogen (secondary N) is 1. The summed E-state index contributed by atoms with van der Waals surface area (Å²) in [7, 11) is 3.93. The van der Waals surface area contributed by atoms with Crippen molar-refractivity contribution in [2.75, 3.05) is 26.0 Å². The van der Waals surface area contributed by atoms with E-state index in [0.29, 0.717) is 15.3 Å². The van der Waals surface area contributed by atoms with Crippen molar-refractivity contribution >= 4 is 32.7 Å². The molecule has 1 aromatic heterocycles. The molecule has 1 aliphatic carbocycles. The number of aromatic nitrogens is 1. The van der Waals surface area contributed by atoms with E-state index in [4.69, 9.17) is 0 Å². The van der Waals surface area contributed by atoms with Crippen molar-refractivity contribution in [1.82, 2.24) is 14.8 Å². The number of anilines is 1. The number of halogens is 1. The van der Waals surface area contributed by atoms with Gasteiger partial charge in [0.1, 0.15) is 11.6 Å². The first-order chi connectivity index (χ1) is 14.8. The monoisotopic (exact) mass is 440 g/mol. The van der Waals surface area contributed by atoms with Gasteiger partial charge in [0, 0.05) is 18.5 Å². The Morgan fingerprint density at radius 2 is 2.16 bits per heavy atom. The Bertz CT molecular complexity index is 1180. The molecule has 3 atom stereocenters. The number of benzene rings is 2. The molecule has 0 radical (unpaired) electrons. The Labute approximate surface area is 184 Å². The highest BCUT2D eigenvalue weighted by Crippen LogP contribution is 2.47. The van der Waals surface area contributed by atoms with Crippen LogP contribution in [0, 0.1) is 5.82 Å². The lowest BCUT2D eigenvalue weighted by molar-refractivity contribution is 0.0213. The van der Waals surface area contributed by atoms with Gasteiger partial charge in [-0.05, 0) is 67.9 Å². The number of phenols is 1. The molecular weight excluding hydrogens is 415 g/mol. The van der Waals surface area contributed by atoms with Crippen LogP contribution < -0.4 is 5.32 Å². The Balaban J connectivity index is 1.46. The third kappa shape index (κ3) is 3.25. The van der Waals surface area contributed by atoms with Crippen molar-refractivity contribution in [2.24, 2.45) is 0 Å². The Morgan fingerprint density at radius 3 is 2.97 bits per heavy atom. The molecule has 2 N–H and O–H groups in total. The molecule has 1 saturated heterocycles. The molecule has 8 heteroatoms. The van der Waals surface area contributed by atoms with E-state index < -0.39 is 0 Å². The van der Waals surface area contributed by atoms with E-state index in [2.05, 4.69) is 29.2 Å². The molecule has 1 unspecified atom stereocenters. The minimum absolute atomic E-state index is 0.0626. The van der Waals surface area contributed by atoms with Gasteiger partial charge in [0.25, 0.3) is 0 Å². The molecule has 1 aliphatic heterocycles. The number of nitrogens with zero attached hydrogens (tertiary/aromatic N) is 3. The molecule has 162 valence electrons. The average Bonchev–Trinajstić information content (AvgIpc) is 3.12. The van der Waals surface area contributed by atoms with Crippen molar-refractivity contribution < 1.29 is 14.3 Å². The predicted octanol–water partition coefficient (Wildman–Crippen LogP) is 4.19. The fourth-order valence-corrected chi connectivity index (χ4v) is 6.27. The van der Waals surface area contributed by atoms with Crippen LogP contribution in [0.15, 0.2) is 36.4 Å². The third-order valence-electron chi connectivity index (χ3n) is 7.01. The topological polar surface area (TPSA) is 68.7 Å². The molecule has 0 spiro atoms. The summed E-state index contributed by atoms with van der Waals surface area (Å²) in [6.45, 7) is 3.13. The Kier molecular flexibility index (Phi) is 4.67. The largest absolute Gasteiger partial charge is 0.508 e. The lowest BCUT2D eigenvalue weighted by Crippen LogP contribution is -2.67. The van der Waals surface area contributed by atoms with Crippen LogP contribution in [-0.2, 0) is 11.8 Å². The lowest BCUT2D eigenvalue weighted by atomic mass is 9.61. The molecular formula is C23H25FN4O2S. The number of amides is 2. The molecule has 1 fully saturated rings. The second-order valence-corrected chi connectivity index (χ2v) is 9.91. The predicted molar refractivity (Wildman–Crippen MR) is 120 cm³/mol. The highest BCUT2D eigenvalue weighted by atomic mass is 32.1. The maximum Gasteiger partial charge on any atom is 0.323 e. The van der Waals surface area contributed by atoms with E-state index in [-0.39, 0.29) is 35.1 Å². The normalized spacial score (nSPS) is 25.3. The van der Waals surface area contributed by atoms with E-state index in [1.54, 1.807) is 17.0 Å². The van der Waals surface area contributed by atoms with Gasteiger partial charge in [0.2, 0.25) is 0 Å². The van der Waals surface area contributed by atoms with Crippen LogP contribution in [-0.4, -0.2) is 58.6 Å². The van der Waals surface area contributed by atoms with Crippen LogP contribution >= 0.6 is 11.3 Å². The van der Waals surface area contributed by atoms with Crippen LogP contribution in [0.25, 0.3) is 10.2 Å². The summed E-state index contributed by atoms with van der Waals surface area (Å²) in [5, 5.41) is 13.5. The number of fused-ring (bicyclic) bond motifs is 5. The number of rotatable bonds is 2. The van der Waals surface area contributed by atoms with Gasteiger partial charge in [-0.1, -0.05) is 24.3 Å². The molecule has 2 heterocycles. The molecule has 31 heavy (non-hydrogen) atoms. The smallest absolute Gasteiger partial charge is 0.323 e. The number of urea groups is 1. The fourth-order valence-electron chi connectivity index (χ4n) is 5.39. The summed E-state index contributed by atoms with van der Waals surface area (Å²) < 4.78 is 14.2. The van der Waals surface area contributed by atoms with Crippen LogP contribution in [0.4, 0.5) is 14.3 Å². The van der Waals surface area contributed by atoms with Gasteiger partial charge < -0.3 is 14.9 Å². The first-order valence-electron chi connectivity index (χ1n) is 10.4. The summed E-state index contributed by atoms with van der Waals surface area (Å²) in [5.74, 6) is -0.0658. The zero-order valence-electron chi connectivity index (χ0n) is 17.7. The molecule has 2 aromatic carbocycles. The van der Waals surface area contributed by atoms with Crippen LogP contribution in [0.3, 0.4) is 0 Å². The van der Waals surface area contributed by atoms with Gasteiger partial charge in [-0.25, -0.2) is 14.2 Å². The summed E-state index contributed by atoms with van der Waals surface area (Å²) in [6.07, 6.45) is 1.71. The molecule has 2 bridgehead atoms. The number of piperidine rings is 1. The quantitative estimate of drug-likeness (QED) is 0.627. The van der Waals surface area contributed by atoms with Gasteiger partial charge in [0.15, 0.2) is 5.13 Å². The number of carbonyl (C=O) groups excluding carboxylic acids is 1. The van der Waals surface area contributed by atoms with Gasteiger partial charge in [-0.15, -0.1) is 0 Å². The average molecular weight is 441 g/mol. The van der Waals surface area contributed by atoms with Gasteiger partial charge >= 0.3 is 6.03 Å².